The van der Waals surface area contributed by atoms with E-state index in [1.807, 2.05) is 58.9 Å². The highest BCUT2D eigenvalue weighted by Gasteiger charge is 2.20. The Morgan fingerprint density at radius 3 is 2.30 bits per heavy atom. The van der Waals surface area contributed by atoms with Crippen LogP contribution in [0.25, 0.3) is 0 Å². The number of para-hydroxylation sites is 2. The van der Waals surface area contributed by atoms with Gasteiger partial charge in [0.1, 0.15) is 11.4 Å². The predicted octanol–water partition coefficient (Wildman–Crippen LogP) is 3.21. The molecule has 0 aliphatic heterocycles. The van der Waals surface area contributed by atoms with Crippen LogP contribution < -0.4 is 15.8 Å². The van der Waals surface area contributed by atoms with Gasteiger partial charge in [-0.05, 0) is 39.8 Å². The van der Waals surface area contributed by atoms with E-state index >= 15 is 0 Å². The first kappa shape index (κ1) is 18.7. The smallest absolute Gasteiger partial charge is 0.228 e. The molecular formula is C15H25ClN2O2. The Kier molecular flexibility index (Phi) is 7.03. The number of nitrogens with one attached hydrogen (secondary N) is 1. The Morgan fingerprint density at radius 1 is 1.25 bits per heavy atom. The van der Waals surface area contributed by atoms with E-state index in [4.69, 9.17) is 10.5 Å². The highest BCUT2D eigenvalue weighted by molar-refractivity contribution is 5.94. The van der Waals surface area contributed by atoms with Gasteiger partial charge >= 0.3 is 0 Å². The van der Waals surface area contributed by atoms with Crippen LogP contribution in [0.5, 0.6) is 5.75 Å². The molecule has 2 atom stereocenters. The molecule has 0 saturated carbocycles. The van der Waals surface area contributed by atoms with Gasteiger partial charge in [-0.2, -0.15) is 0 Å². The summed E-state index contributed by atoms with van der Waals surface area (Å²) < 4.78 is 5.83. The Hall–Kier alpha value is -1.26. The third-order valence-electron chi connectivity index (χ3n) is 2.76. The van der Waals surface area contributed by atoms with E-state index in [0.717, 1.165) is 0 Å². The molecular weight excluding hydrogens is 276 g/mol. The highest BCUT2D eigenvalue weighted by atomic mass is 35.5. The minimum Gasteiger partial charge on any atom is -0.486 e. The molecule has 1 amide bonds. The number of hydrogen-bond acceptors (Lipinski definition) is 3. The topological polar surface area (TPSA) is 64.4 Å². The lowest BCUT2D eigenvalue weighted by Crippen LogP contribution is -2.34. The first-order valence-corrected chi connectivity index (χ1v) is 6.55. The minimum atomic E-state index is -0.312. The van der Waals surface area contributed by atoms with Crippen molar-refractivity contribution in [3.8, 4) is 5.75 Å². The molecule has 1 aromatic rings. The molecule has 5 heteroatoms. The first-order valence-electron chi connectivity index (χ1n) is 6.55. The summed E-state index contributed by atoms with van der Waals surface area (Å²) in [6.45, 7) is 9.54. The fourth-order valence-corrected chi connectivity index (χ4v) is 1.47. The van der Waals surface area contributed by atoms with Crippen LogP contribution in [0, 0.1) is 5.92 Å². The summed E-state index contributed by atoms with van der Waals surface area (Å²) in [5, 5.41) is 2.87. The molecule has 1 aromatic carbocycles. The molecule has 0 radical (unpaired) electrons. The number of nitrogens with two attached hydrogens (primary N) is 1. The average molecular weight is 301 g/mol. The monoisotopic (exact) mass is 300 g/mol. The van der Waals surface area contributed by atoms with Crippen LogP contribution in [0.2, 0.25) is 0 Å². The molecule has 0 spiro atoms. The Balaban J connectivity index is 0.00000361. The van der Waals surface area contributed by atoms with Crippen molar-refractivity contribution in [1.82, 2.24) is 0 Å². The summed E-state index contributed by atoms with van der Waals surface area (Å²) in [7, 11) is 0. The molecule has 0 aromatic heterocycles. The number of halogens is 1. The second-order valence-corrected chi connectivity index (χ2v) is 5.85. The Morgan fingerprint density at radius 2 is 1.80 bits per heavy atom. The molecule has 0 aliphatic carbocycles. The van der Waals surface area contributed by atoms with Gasteiger partial charge in [-0.15, -0.1) is 12.4 Å². The molecule has 20 heavy (non-hydrogen) atoms. The molecule has 4 nitrogen and oxygen atoms in total. The summed E-state index contributed by atoms with van der Waals surface area (Å²) in [5.41, 5.74) is 6.10. The van der Waals surface area contributed by atoms with Gasteiger partial charge in [0.25, 0.3) is 0 Å². The Bertz CT molecular complexity index is 442. The van der Waals surface area contributed by atoms with Gasteiger partial charge in [0.05, 0.1) is 11.6 Å². The van der Waals surface area contributed by atoms with Crippen LogP contribution in [-0.2, 0) is 4.79 Å². The van der Waals surface area contributed by atoms with E-state index in [1.54, 1.807) is 0 Å². The molecule has 0 fully saturated rings. The molecule has 0 saturated heterocycles. The van der Waals surface area contributed by atoms with Gasteiger partial charge < -0.3 is 15.8 Å². The van der Waals surface area contributed by atoms with Crippen molar-refractivity contribution in [2.24, 2.45) is 11.7 Å². The number of rotatable bonds is 4. The minimum absolute atomic E-state index is 0. The number of amides is 1. The van der Waals surface area contributed by atoms with Crippen molar-refractivity contribution in [2.75, 3.05) is 5.32 Å². The van der Waals surface area contributed by atoms with Crippen LogP contribution >= 0.6 is 12.4 Å². The summed E-state index contributed by atoms with van der Waals surface area (Å²) in [6.07, 6.45) is 0. The van der Waals surface area contributed by atoms with Crippen LogP contribution in [0.3, 0.4) is 0 Å². The zero-order valence-corrected chi connectivity index (χ0v) is 13.6. The molecule has 2 unspecified atom stereocenters. The van der Waals surface area contributed by atoms with Gasteiger partial charge in [-0.3, -0.25) is 4.79 Å². The van der Waals surface area contributed by atoms with Crippen LogP contribution in [-0.4, -0.2) is 17.6 Å². The first-order chi connectivity index (χ1) is 8.70. The van der Waals surface area contributed by atoms with E-state index in [1.165, 1.54) is 0 Å². The number of hydrogen-bond donors (Lipinski definition) is 2. The van der Waals surface area contributed by atoms with Crippen LogP contribution in [0.4, 0.5) is 5.69 Å². The lowest BCUT2D eigenvalue weighted by atomic mass is 10.0. The molecule has 0 heterocycles. The van der Waals surface area contributed by atoms with Crippen molar-refractivity contribution in [2.45, 2.75) is 46.3 Å². The van der Waals surface area contributed by atoms with E-state index in [0.29, 0.717) is 11.4 Å². The number of carbonyl (C=O) groups is 1. The van der Waals surface area contributed by atoms with E-state index < -0.39 is 0 Å². The number of carbonyl (C=O) groups excluding carboxylic acids is 1. The lowest BCUT2D eigenvalue weighted by molar-refractivity contribution is -0.119. The van der Waals surface area contributed by atoms with Crippen molar-refractivity contribution < 1.29 is 9.53 Å². The zero-order chi connectivity index (χ0) is 14.6. The van der Waals surface area contributed by atoms with E-state index in [9.17, 15) is 4.79 Å². The van der Waals surface area contributed by atoms with Gasteiger partial charge in [0.2, 0.25) is 5.91 Å². The zero-order valence-electron chi connectivity index (χ0n) is 12.8. The number of ether oxygens (including phenoxy) is 1. The van der Waals surface area contributed by atoms with Crippen molar-refractivity contribution >= 4 is 24.0 Å². The van der Waals surface area contributed by atoms with Crippen LogP contribution in [0.1, 0.15) is 34.6 Å². The fraction of sp³-hybridized carbons (Fsp3) is 0.533. The largest absolute Gasteiger partial charge is 0.486 e. The second-order valence-electron chi connectivity index (χ2n) is 5.85. The summed E-state index contributed by atoms with van der Waals surface area (Å²) in [6, 6.07) is 7.23. The maximum absolute atomic E-state index is 12.0. The van der Waals surface area contributed by atoms with Crippen molar-refractivity contribution in [3.63, 3.8) is 0 Å². The standard InChI is InChI=1S/C15H24N2O2.ClH/c1-10(11(2)16)14(18)17-12-8-6-7-9-13(12)19-15(3,4)5;/h6-11H,16H2,1-5H3,(H,17,18);1H. The van der Waals surface area contributed by atoms with Crippen molar-refractivity contribution in [3.05, 3.63) is 24.3 Å². The molecule has 0 aliphatic rings. The summed E-state index contributed by atoms with van der Waals surface area (Å²) >= 11 is 0. The summed E-state index contributed by atoms with van der Waals surface area (Å²) in [5.74, 6) is 0.322. The second kappa shape index (κ2) is 7.50. The summed E-state index contributed by atoms with van der Waals surface area (Å²) in [4.78, 5) is 12.0. The fourth-order valence-electron chi connectivity index (χ4n) is 1.47. The van der Waals surface area contributed by atoms with Gasteiger partial charge in [0.15, 0.2) is 0 Å². The third-order valence-corrected chi connectivity index (χ3v) is 2.76. The average Bonchev–Trinajstić information content (AvgIpc) is 2.28. The maximum atomic E-state index is 12.0. The highest BCUT2D eigenvalue weighted by Crippen LogP contribution is 2.28. The maximum Gasteiger partial charge on any atom is 0.228 e. The predicted molar refractivity (Wildman–Crippen MR) is 85.5 cm³/mol. The van der Waals surface area contributed by atoms with Gasteiger partial charge in [-0.1, -0.05) is 19.1 Å². The van der Waals surface area contributed by atoms with Crippen molar-refractivity contribution in [1.29, 1.82) is 0 Å². The number of anilines is 1. The quantitative estimate of drug-likeness (QED) is 0.897. The Labute approximate surface area is 127 Å². The van der Waals surface area contributed by atoms with E-state index in [-0.39, 0.29) is 35.9 Å². The molecule has 114 valence electrons. The normalized spacial score (nSPS) is 13.9. The van der Waals surface area contributed by atoms with Gasteiger partial charge in [0, 0.05) is 6.04 Å². The van der Waals surface area contributed by atoms with Gasteiger partial charge in [-0.25, -0.2) is 0 Å². The third kappa shape index (κ3) is 5.80. The lowest BCUT2D eigenvalue weighted by Gasteiger charge is -2.24. The van der Waals surface area contributed by atoms with Crippen LogP contribution in [0.15, 0.2) is 24.3 Å². The SMILES string of the molecule is CC(N)C(C)C(=O)Nc1ccccc1OC(C)(C)C.Cl. The molecule has 0 bridgehead atoms. The molecule has 3 N–H and O–H groups in total. The molecule has 1 rings (SSSR count). The van der Waals surface area contributed by atoms with E-state index in [2.05, 4.69) is 5.32 Å². The number of benzene rings is 1.